The Morgan fingerprint density at radius 1 is 1.22 bits per heavy atom. The van der Waals surface area contributed by atoms with Crippen molar-refractivity contribution in [3.63, 3.8) is 0 Å². The molecule has 1 unspecified atom stereocenters. The van der Waals surface area contributed by atoms with E-state index >= 15 is 0 Å². The number of benzene rings is 1. The molecule has 8 heteroatoms. The highest BCUT2D eigenvalue weighted by Gasteiger charge is 2.34. The van der Waals surface area contributed by atoms with Gasteiger partial charge in [0.05, 0.1) is 20.3 Å². The molecule has 4 rings (SSSR count). The van der Waals surface area contributed by atoms with Crippen LogP contribution < -0.4 is 14.8 Å². The molecule has 3 heterocycles. The number of thiophene rings is 1. The van der Waals surface area contributed by atoms with Crippen LogP contribution >= 0.6 is 22.7 Å². The van der Waals surface area contributed by atoms with Crippen molar-refractivity contribution in [3.8, 4) is 11.5 Å². The summed E-state index contributed by atoms with van der Waals surface area (Å²) in [5.74, 6) is 1.38. The summed E-state index contributed by atoms with van der Waals surface area (Å²) in [6.45, 7) is 0.613. The second kappa shape index (κ2) is 7.58. The highest BCUT2D eigenvalue weighted by molar-refractivity contribution is 7.13. The lowest BCUT2D eigenvalue weighted by atomic mass is 9.91. The second-order valence-corrected chi connectivity index (χ2v) is 7.91. The predicted molar refractivity (Wildman–Crippen MR) is 107 cm³/mol. The van der Waals surface area contributed by atoms with Crippen molar-refractivity contribution >= 4 is 33.8 Å². The Labute approximate surface area is 165 Å². The number of hydrogen-bond acceptors (Lipinski definition) is 6. The molecule has 1 aliphatic heterocycles. The summed E-state index contributed by atoms with van der Waals surface area (Å²) in [4.78, 5) is 20.1. The van der Waals surface area contributed by atoms with Crippen LogP contribution in [0.15, 0.2) is 41.2 Å². The first-order chi connectivity index (χ1) is 13.2. The number of methoxy groups -OCH3 is 2. The first-order valence-electron chi connectivity index (χ1n) is 8.46. The summed E-state index contributed by atoms with van der Waals surface area (Å²) in [5.41, 5.74) is 2.24. The molecule has 27 heavy (non-hydrogen) atoms. The second-order valence-electron chi connectivity index (χ2n) is 6.03. The van der Waals surface area contributed by atoms with Crippen LogP contribution in [0.5, 0.6) is 11.5 Å². The van der Waals surface area contributed by atoms with Gasteiger partial charge in [0.2, 0.25) is 0 Å². The van der Waals surface area contributed by atoms with Crippen molar-refractivity contribution in [1.29, 1.82) is 0 Å². The van der Waals surface area contributed by atoms with E-state index in [2.05, 4.69) is 16.4 Å². The summed E-state index contributed by atoms with van der Waals surface area (Å²) in [5, 5.41) is 7.38. The topological polar surface area (TPSA) is 63.7 Å². The first kappa shape index (κ1) is 17.8. The van der Waals surface area contributed by atoms with E-state index in [1.807, 2.05) is 33.9 Å². The lowest BCUT2D eigenvalue weighted by molar-refractivity contribution is 0.194. The predicted octanol–water partition coefficient (Wildman–Crippen LogP) is 4.40. The molecule has 0 spiro atoms. The molecule has 140 valence electrons. The summed E-state index contributed by atoms with van der Waals surface area (Å²) >= 11 is 3.05. The number of nitrogens with one attached hydrogen (secondary N) is 1. The Hall–Kier alpha value is -2.58. The molecule has 1 aromatic carbocycles. The van der Waals surface area contributed by atoms with Crippen LogP contribution in [0, 0.1) is 0 Å². The number of ether oxygens (including phenoxy) is 2. The average molecular weight is 402 g/mol. The Bertz CT molecular complexity index is 926. The summed E-state index contributed by atoms with van der Waals surface area (Å²) < 4.78 is 11.0. The van der Waals surface area contributed by atoms with E-state index < -0.39 is 0 Å². The molecule has 1 atom stereocenters. The number of rotatable bonds is 4. The van der Waals surface area contributed by atoms with Crippen LogP contribution in [-0.2, 0) is 6.42 Å². The fourth-order valence-electron chi connectivity index (χ4n) is 3.37. The number of fused-ring (bicyclic) bond motifs is 1. The van der Waals surface area contributed by atoms with E-state index in [0.29, 0.717) is 23.2 Å². The van der Waals surface area contributed by atoms with Gasteiger partial charge in [0.25, 0.3) is 0 Å². The van der Waals surface area contributed by atoms with Crippen LogP contribution in [0.1, 0.15) is 22.0 Å². The quantitative estimate of drug-likeness (QED) is 0.704. The van der Waals surface area contributed by atoms with E-state index in [9.17, 15) is 4.79 Å². The number of aromatic nitrogens is 1. The third-order valence-corrected chi connectivity index (χ3v) is 6.21. The van der Waals surface area contributed by atoms with Gasteiger partial charge < -0.3 is 14.4 Å². The molecular formula is C19H19N3O3S2. The summed E-state index contributed by atoms with van der Waals surface area (Å²) in [7, 11) is 3.26. The molecule has 2 amide bonds. The minimum Gasteiger partial charge on any atom is -0.493 e. The molecule has 0 saturated carbocycles. The fourth-order valence-corrected chi connectivity index (χ4v) is 4.74. The number of carbonyl (C=O) groups excluding carboxylic acids is 1. The molecule has 1 aliphatic rings. The number of hydrogen-bond donors (Lipinski definition) is 1. The van der Waals surface area contributed by atoms with Crippen LogP contribution in [0.3, 0.4) is 0 Å². The van der Waals surface area contributed by atoms with Gasteiger partial charge in [0.1, 0.15) is 0 Å². The smallest absolute Gasteiger partial charge is 0.324 e. The van der Waals surface area contributed by atoms with Crippen LogP contribution in [0.25, 0.3) is 0 Å². The highest BCUT2D eigenvalue weighted by atomic mass is 32.1. The Kier molecular flexibility index (Phi) is 5.00. The Balaban J connectivity index is 1.75. The third kappa shape index (κ3) is 3.38. The van der Waals surface area contributed by atoms with E-state index in [1.54, 1.807) is 31.8 Å². The number of nitrogens with zero attached hydrogens (tertiary/aromatic N) is 2. The lowest BCUT2D eigenvalue weighted by Gasteiger charge is -2.37. The van der Waals surface area contributed by atoms with Gasteiger partial charge >= 0.3 is 6.03 Å². The van der Waals surface area contributed by atoms with Crippen molar-refractivity contribution in [2.45, 2.75) is 12.5 Å². The van der Waals surface area contributed by atoms with Crippen LogP contribution in [0.2, 0.25) is 0 Å². The van der Waals surface area contributed by atoms with Gasteiger partial charge in [-0.15, -0.1) is 22.7 Å². The number of thiazole rings is 1. The van der Waals surface area contributed by atoms with Gasteiger partial charge in [0, 0.05) is 23.0 Å². The van der Waals surface area contributed by atoms with Gasteiger partial charge in [-0.25, -0.2) is 9.78 Å². The molecule has 3 aromatic rings. The maximum atomic E-state index is 13.0. The molecule has 0 fully saturated rings. The molecule has 0 aliphatic carbocycles. The molecule has 6 nitrogen and oxygen atoms in total. The molecule has 1 N–H and O–H groups in total. The minimum absolute atomic E-state index is 0.149. The molecule has 2 aromatic heterocycles. The molecule has 0 saturated heterocycles. The first-order valence-corrected chi connectivity index (χ1v) is 10.2. The zero-order chi connectivity index (χ0) is 18.8. The van der Waals surface area contributed by atoms with Crippen molar-refractivity contribution in [2.75, 3.05) is 26.1 Å². The SMILES string of the molecule is COc1cc2c(cc1OC)C(c1cccs1)N(C(=O)Nc1nccs1)CC2. The van der Waals surface area contributed by atoms with Gasteiger partial charge in [-0.1, -0.05) is 6.07 Å². The number of urea groups is 1. The van der Waals surface area contributed by atoms with Gasteiger partial charge in [-0.3, -0.25) is 5.32 Å². The standard InChI is InChI=1S/C19H19N3O3S2/c1-24-14-10-12-5-7-22(19(23)21-18-20-6-9-27-18)17(16-4-3-8-26-16)13(12)11-15(14)25-2/h3-4,6,8-11,17H,5,7H2,1-2H3,(H,20,21,23). The number of amides is 2. The zero-order valence-electron chi connectivity index (χ0n) is 15.0. The van der Waals surface area contributed by atoms with E-state index in [0.717, 1.165) is 16.9 Å². The normalized spacial score (nSPS) is 15.9. The number of carbonyl (C=O) groups is 1. The summed E-state index contributed by atoms with van der Waals surface area (Å²) in [6.07, 6.45) is 2.43. The number of anilines is 1. The maximum absolute atomic E-state index is 13.0. The van der Waals surface area contributed by atoms with E-state index in [1.165, 1.54) is 16.9 Å². The maximum Gasteiger partial charge on any atom is 0.324 e. The average Bonchev–Trinajstić information content (AvgIpc) is 3.39. The lowest BCUT2D eigenvalue weighted by Crippen LogP contribution is -2.42. The van der Waals surface area contributed by atoms with Gasteiger partial charge in [-0.05, 0) is 41.1 Å². The van der Waals surface area contributed by atoms with E-state index in [-0.39, 0.29) is 12.1 Å². The van der Waals surface area contributed by atoms with E-state index in [4.69, 9.17) is 9.47 Å². The largest absolute Gasteiger partial charge is 0.493 e. The van der Waals surface area contributed by atoms with Crippen LogP contribution in [0.4, 0.5) is 9.93 Å². The summed E-state index contributed by atoms with van der Waals surface area (Å²) in [6, 6.07) is 7.75. The third-order valence-electron chi connectivity index (χ3n) is 4.59. The molecule has 0 radical (unpaired) electrons. The Morgan fingerprint density at radius 2 is 2.04 bits per heavy atom. The van der Waals surface area contributed by atoms with Crippen LogP contribution in [-0.4, -0.2) is 36.7 Å². The minimum atomic E-state index is -0.173. The van der Waals surface area contributed by atoms with Crippen molar-refractivity contribution < 1.29 is 14.3 Å². The monoisotopic (exact) mass is 401 g/mol. The van der Waals surface area contributed by atoms with Gasteiger partial charge in [-0.2, -0.15) is 0 Å². The Morgan fingerprint density at radius 3 is 2.70 bits per heavy atom. The zero-order valence-corrected chi connectivity index (χ0v) is 16.6. The fraction of sp³-hybridized carbons (Fsp3) is 0.263. The van der Waals surface area contributed by atoms with Gasteiger partial charge in [0.15, 0.2) is 16.6 Å². The molecular weight excluding hydrogens is 382 g/mol. The highest BCUT2D eigenvalue weighted by Crippen LogP contribution is 2.42. The molecule has 0 bridgehead atoms. The van der Waals surface area contributed by atoms with Crippen molar-refractivity contribution in [2.24, 2.45) is 0 Å². The van der Waals surface area contributed by atoms with Crippen molar-refractivity contribution in [3.05, 3.63) is 57.2 Å². The van der Waals surface area contributed by atoms with Crippen molar-refractivity contribution in [1.82, 2.24) is 9.88 Å².